The Kier molecular flexibility index (Phi) is 10.8. The van der Waals surface area contributed by atoms with E-state index in [1.165, 1.54) is 4.57 Å². The first kappa shape index (κ1) is 39.6. The van der Waals surface area contributed by atoms with Crippen molar-refractivity contribution in [2.45, 2.75) is 49.4 Å². The van der Waals surface area contributed by atoms with Crippen LogP contribution in [0, 0.1) is 0 Å². The third-order valence-corrected chi connectivity index (χ3v) is 13.3. The van der Waals surface area contributed by atoms with E-state index in [0.717, 1.165) is 23.5 Å². The van der Waals surface area contributed by atoms with Gasteiger partial charge >= 0.3 is 31.3 Å². The molecule has 5 unspecified atom stereocenters. The molecule has 0 spiro atoms. The second-order valence-electron chi connectivity index (χ2n) is 11.0. The number of nitrogens with zero attached hydrogens (tertiary/aromatic N) is 7. The lowest BCUT2D eigenvalue weighted by Crippen LogP contribution is -2.33. The van der Waals surface area contributed by atoms with Crippen molar-refractivity contribution in [3.05, 3.63) is 29.3 Å². The summed E-state index contributed by atoms with van der Waals surface area (Å²) in [6.07, 6.45) is -7.17. The van der Waals surface area contributed by atoms with E-state index in [2.05, 4.69) is 51.9 Å². The number of nitrogen functional groups attached to an aromatic ring is 2. The Bertz CT molecular complexity index is 2270. The van der Waals surface area contributed by atoms with E-state index in [9.17, 15) is 57.9 Å². The summed E-state index contributed by atoms with van der Waals surface area (Å²) in [6, 6.07) is 0. The highest BCUT2D eigenvalue weighted by molar-refractivity contribution is 7.69. The van der Waals surface area contributed by atoms with Gasteiger partial charge in [0.25, 0.3) is 5.56 Å². The molecular formula is C20H28N10O19P4. The second kappa shape index (κ2) is 14.5. The van der Waals surface area contributed by atoms with Gasteiger partial charge in [0, 0.05) is 6.42 Å². The highest BCUT2D eigenvalue weighted by Crippen LogP contribution is 2.71. The number of nitrogens with two attached hydrogens (primary N) is 2. The van der Waals surface area contributed by atoms with E-state index < -0.39 is 93.0 Å². The highest BCUT2D eigenvalue weighted by Gasteiger charge is 2.49. The Morgan fingerprint density at radius 1 is 0.774 bits per heavy atom. The van der Waals surface area contributed by atoms with Gasteiger partial charge in [-0.05, 0) is 0 Å². The van der Waals surface area contributed by atoms with Crippen molar-refractivity contribution in [2.24, 2.45) is 0 Å². The zero-order valence-corrected chi connectivity index (χ0v) is 29.6. The molecular weight excluding hydrogens is 808 g/mol. The molecule has 2 aliphatic heterocycles. The number of nitrogens with one attached hydrogen (secondary N) is 1. The van der Waals surface area contributed by atoms with Crippen molar-refractivity contribution in [3.8, 4) is 0 Å². The van der Waals surface area contributed by atoms with Gasteiger partial charge in [-0.2, -0.15) is 17.9 Å². The van der Waals surface area contributed by atoms with Crippen LogP contribution in [0.2, 0.25) is 0 Å². The first-order valence-corrected chi connectivity index (χ1v) is 20.4. The topological polar surface area (TPSA) is 434 Å². The first-order valence-electron chi connectivity index (χ1n) is 14.4. The summed E-state index contributed by atoms with van der Waals surface area (Å²) in [7, 11) is -23.8. The lowest BCUT2D eigenvalue weighted by atomic mass is 10.1. The average molecular weight is 836 g/mol. The molecule has 0 radical (unpaired) electrons. The number of hydrogen-bond acceptors (Lipinski definition) is 22. The van der Waals surface area contributed by atoms with Crippen molar-refractivity contribution >= 4 is 65.4 Å². The Labute approximate surface area is 292 Å². The fourth-order valence-electron chi connectivity index (χ4n) is 5.15. The van der Waals surface area contributed by atoms with Gasteiger partial charge in [0.2, 0.25) is 5.95 Å². The van der Waals surface area contributed by atoms with Gasteiger partial charge in [-0.15, -0.1) is 0 Å². The fourth-order valence-corrected chi connectivity index (χ4v) is 10.1. The number of fused-ring (bicyclic) bond motifs is 2. The van der Waals surface area contributed by atoms with Gasteiger partial charge in [0.05, 0.1) is 32.0 Å². The minimum absolute atomic E-state index is 0.0123. The summed E-state index contributed by atoms with van der Waals surface area (Å²) in [5.41, 5.74) is 10.7. The van der Waals surface area contributed by atoms with E-state index in [0.29, 0.717) is 0 Å². The van der Waals surface area contributed by atoms with Crippen molar-refractivity contribution in [3.63, 3.8) is 0 Å². The number of hydrogen-bond donors (Lipinski definition) is 10. The summed E-state index contributed by atoms with van der Waals surface area (Å²) in [5.74, 6) is -0.262. The number of aliphatic hydroxyl groups excluding tert-OH is 3. The minimum atomic E-state index is -6.17. The second-order valence-corrected chi connectivity index (χ2v) is 17.3. The zero-order valence-electron chi connectivity index (χ0n) is 26.0. The molecule has 4 aromatic heterocycles. The van der Waals surface area contributed by atoms with Gasteiger partial charge in [-0.3, -0.25) is 28.0 Å². The number of rotatable bonds is 14. The van der Waals surface area contributed by atoms with Crippen LogP contribution in [0.5, 0.6) is 0 Å². The van der Waals surface area contributed by atoms with Crippen LogP contribution in [-0.2, 0) is 49.7 Å². The standard InChI is InChI=1S/C20H28N10O19P4/c21-15-11-16(24-4-23-15)30(6-25-11)19-14(33)13(32)9(46-19)3-44-51(37,38)48-53(41,42)49-52(39,40)47-50(35,36)43-2-8-7(31)1-10(45-8)29-5-26-12-17(29)27-20(22)28-18(12)34/h4-10,13-14,19,31-33H,1-3H2,(H,35,36)(H,37,38)(H,39,40)(H,41,42)(H2,21,23,24)(H3,22,27,28,34)/t7-,8-,9-,10-,13?,14+,19-/m1/s1. The summed E-state index contributed by atoms with van der Waals surface area (Å²) < 4.78 is 83.6. The molecule has 0 amide bonds. The van der Waals surface area contributed by atoms with Crippen LogP contribution < -0.4 is 17.0 Å². The predicted molar refractivity (Wildman–Crippen MR) is 167 cm³/mol. The normalized spacial score (nSPS) is 29.5. The number of anilines is 2. The molecule has 292 valence electrons. The smallest absolute Gasteiger partial charge is 0.390 e. The summed E-state index contributed by atoms with van der Waals surface area (Å²) in [4.78, 5) is 73.4. The average Bonchev–Trinajstić information content (AvgIpc) is 3.79. The molecule has 11 atom stereocenters. The van der Waals surface area contributed by atoms with E-state index >= 15 is 0 Å². The van der Waals surface area contributed by atoms with Crippen molar-refractivity contribution in [1.82, 2.24) is 39.0 Å². The predicted octanol–water partition coefficient (Wildman–Crippen LogP) is -2.12. The quantitative estimate of drug-likeness (QED) is 0.0607. The SMILES string of the molecule is Nc1nc2c(ncn2[C@H]2C[C@@H](O)[C@@H](COP(=O)(O)OP(=O)(O)OP(=O)(O)OP(=O)(O)OC[C@H]3O[C@@H](n4cnc5c(N)ncnc54)[C@@H](O)C3O)O2)c(=O)[nH]1. The zero-order chi connectivity index (χ0) is 38.7. The molecule has 6 rings (SSSR count). The van der Waals surface area contributed by atoms with Crippen LogP contribution in [0.3, 0.4) is 0 Å². The summed E-state index contributed by atoms with van der Waals surface area (Å²) in [5, 5.41) is 31.3. The van der Waals surface area contributed by atoms with Crippen LogP contribution in [0.15, 0.2) is 23.8 Å². The third-order valence-electron chi connectivity index (χ3n) is 7.39. The molecule has 4 aromatic rings. The van der Waals surface area contributed by atoms with Gasteiger partial charge < -0.3 is 55.8 Å². The highest BCUT2D eigenvalue weighted by atomic mass is 31.3. The lowest BCUT2D eigenvalue weighted by molar-refractivity contribution is -0.0503. The number of phosphoric ester groups is 2. The number of aromatic nitrogens is 8. The van der Waals surface area contributed by atoms with E-state index in [-0.39, 0.29) is 40.5 Å². The molecule has 2 aliphatic rings. The number of aromatic amines is 1. The van der Waals surface area contributed by atoms with E-state index in [1.807, 2.05) is 0 Å². The molecule has 12 N–H and O–H groups in total. The van der Waals surface area contributed by atoms with Crippen LogP contribution >= 0.6 is 31.3 Å². The molecule has 33 heteroatoms. The van der Waals surface area contributed by atoms with Crippen molar-refractivity contribution < 1.29 is 84.6 Å². The van der Waals surface area contributed by atoms with Crippen LogP contribution in [0.25, 0.3) is 22.3 Å². The minimum Gasteiger partial charge on any atom is -0.390 e. The van der Waals surface area contributed by atoms with Crippen molar-refractivity contribution in [2.75, 3.05) is 24.7 Å². The maximum absolute atomic E-state index is 12.4. The fraction of sp³-hybridized carbons (Fsp3) is 0.500. The number of H-pyrrole nitrogens is 1. The molecule has 2 saturated heterocycles. The molecule has 29 nitrogen and oxygen atoms in total. The molecule has 2 fully saturated rings. The Morgan fingerprint density at radius 3 is 2.02 bits per heavy atom. The van der Waals surface area contributed by atoms with Gasteiger partial charge in [-0.25, -0.2) is 38.2 Å². The number of phosphoric acid groups is 4. The Balaban J connectivity index is 1.01. The number of aliphatic hydroxyl groups is 3. The van der Waals surface area contributed by atoms with Crippen molar-refractivity contribution in [1.29, 1.82) is 0 Å². The van der Waals surface area contributed by atoms with Crippen LogP contribution in [0.4, 0.5) is 11.8 Å². The molecule has 53 heavy (non-hydrogen) atoms. The maximum atomic E-state index is 12.4. The first-order chi connectivity index (χ1) is 24.6. The molecule has 0 bridgehead atoms. The summed E-state index contributed by atoms with van der Waals surface area (Å²) >= 11 is 0. The Hall–Kier alpha value is -3.14. The van der Waals surface area contributed by atoms with Gasteiger partial charge in [0.1, 0.15) is 42.5 Å². The third kappa shape index (κ3) is 8.73. The van der Waals surface area contributed by atoms with E-state index in [1.54, 1.807) is 0 Å². The lowest BCUT2D eigenvalue weighted by Gasteiger charge is -2.21. The maximum Gasteiger partial charge on any atom is 0.490 e. The van der Waals surface area contributed by atoms with Gasteiger partial charge in [-0.1, -0.05) is 0 Å². The molecule has 0 aliphatic carbocycles. The van der Waals surface area contributed by atoms with Crippen LogP contribution in [-0.4, -0.2) is 118 Å². The molecule has 0 saturated carbocycles. The summed E-state index contributed by atoms with van der Waals surface area (Å²) in [6.45, 7) is -2.10. The van der Waals surface area contributed by atoms with E-state index in [4.69, 9.17) is 20.9 Å². The largest absolute Gasteiger partial charge is 0.490 e. The Morgan fingerprint density at radius 2 is 1.36 bits per heavy atom. The molecule has 0 aromatic carbocycles. The monoisotopic (exact) mass is 836 g/mol. The van der Waals surface area contributed by atoms with Crippen LogP contribution in [0.1, 0.15) is 18.9 Å². The molecule has 6 heterocycles. The van der Waals surface area contributed by atoms with Gasteiger partial charge in [0.15, 0.2) is 28.9 Å². The number of ether oxygens (including phenoxy) is 2. The number of imidazole rings is 2.